The van der Waals surface area contributed by atoms with E-state index in [0.29, 0.717) is 0 Å². The van der Waals surface area contributed by atoms with Crippen LogP contribution in [0.3, 0.4) is 0 Å². The lowest BCUT2D eigenvalue weighted by atomic mass is 10.1. The molecule has 1 aliphatic rings. The Kier molecular flexibility index (Phi) is 3.85. The summed E-state index contributed by atoms with van der Waals surface area (Å²) in [6.45, 7) is 1.49. The summed E-state index contributed by atoms with van der Waals surface area (Å²) in [5.41, 5.74) is 4.80. The van der Waals surface area contributed by atoms with E-state index in [1.54, 1.807) is 0 Å². The van der Waals surface area contributed by atoms with E-state index in [2.05, 4.69) is 4.98 Å². The molecular weight excluding hydrogens is 254 g/mol. The van der Waals surface area contributed by atoms with Gasteiger partial charge in [0.2, 0.25) is 0 Å². The highest BCUT2D eigenvalue weighted by molar-refractivity contribution is 5.23. The number of methoxy groups -OCH3 is 1. The molecule has 0 aromatic carbocycles. The first-order chi connectivity index (χ1) is 8.95. The predicted octanol–water partition coefficient (Wildman–Crippen LogP) is -1.52. The van der Waals surface area contributed by atoms with Crippen LogP contribution in [0, 0.1) is 0 Å². The van der Waals surface area contributed by atoms with Gasteiger partial charge in [0.1, 0.15) is 24.1 Å². The number of aliphatic hydroxyl groups is 2. The first kappa shape index (κ1) is 13.9. The molecule has 1 saturated heterocycles. The van der Waals surface area contributed by atoms with Gasteiger partial charge in [-0.15, -0.1) is 0 Å². The van der Waals surface area contributed by atoms with Crippen LogP contribution in [0.2, 0.25) is 0 Å². The Hall–Kier alpha value is -1.48. The number of aromatic nitrogens is 2. The number of aliphatic hydroxyl groups excluding tert-OH is 2. The largest absolute Gasteiger partial charge is 0.391 e. The van der Waals surface area contributed by atoms with E-state index in [4.69, 9.17) is 15.2 Å². The maximum atomic E-state index is 11.8. The summed E-state index contributed by atoms with van der Waals surface area (Å²) >= 11 is 0. The number of anilines is 1. The van der Waals surface area contributed by atoms with Crippen molar-refractivity contribution in [1.29, 1.82) is 0 Å². The van der Waals surface area contributed by atoms with Gasteiger partial charge in [0.05, 0.1) is 6.10 Å². The van der Waals surface area contributed by atoms with Crippen LogP contribution in [-0.2, 0) is 9.47 Å². The zero-order valence-electron chi connectivity index (χ0n) is 10.6. The number of nitrogens with two attached hydrogens (primary N) is 1. The highest BCUT2D eigenvalue weighted by Crippen LogP contribution is 2.31. The van der Waals surface area contributed by atoms with Crippen molar-refractivity contribution in [3.63, 3.8) is 0 Å². The van der Waals surface area contributed by atoms with Crippen LogP contribution < -0.4 is 11.4 Å². The second-order valence-electron chi connectivity index (χ2n) is 4.47. The molecule has 0 bridgehead atoms. The molecule has 0 unspecified atom stereocenters. The third-order valence-corrected chi connectivity index (χ3v) is 3.12. The van der Waals surface area contributed by atoms with Gasteiger partial charge < -0.3 is 25.4 Å². The van der Waals surface area contributed by atoms with E-state index >= 15 is 0 Å². The number of hydrogen-bond donors (Lipinski definition) is 3. The van der Waals surface area contributed by atoms with Crippen molar-refractivity contribution in [2.24, 2.45) is 0 Å². The van der Waals surface area contributed by atoms with Crippen LogP contribution >= 0.6 is 0 Å². The summed E-state index contributed by atoms with van der Waals surface area (Å²) in [5, 5.41) is 19.6. The molecule has 0 spiro atoms. The molecule has 5 atom stereocenters. The molecule has 1 fully saturated rings. The minimum absolute atomic E-state index is 0.0980. The van der Waals surface area contributed by atoms with Gasteiger partial charge in [-0.1, -0.05) is 0 Å². The Balaban J connectivity index is 2.35. The van der Waals surface area contributed by atoms with E-state index in [-0.39, 0.29) is 5.82 Å². The number of ether oxygens (including phenoxy) is 2. The smallest absolute Gasteiger partial charge is 0.351 e. The average molecular weight is 271 g/mol. The second kappa shape index (κ2) is 5.25. The number of nitrogen functional groups attached to an aromatic ring is 1. The highest BCUT2D eigenvalue weighted by atomic mass is 16.6. The van der Waals surface area contributed by atoms with Crippen molar-refractivity contribution in [3.8, 4) is 0 Å². The lowest BCUT2D eigenvalue weighted by Gasteiger charge is -2.20. The predicted molar refractivity (Wildman–Crippen MR) is 65.3 cm³/mol. The van der Waals surface area contributed by atoms with Gasteiger partial charge in [0.15, 0.2) is 6.23 Å². The average Bonchev–Trinajstić information content (AvgIpc) is 2.66. The lowest BCUT2D eigenvalue weighted by molar-refractivity contribution is -0.0825. The topological polar surface area (TPSA) is 120 Å². The van der Waals surface area contributed by atoms with Crippen LogP contribution in [-0.4, -0.2) is 51.3 Å². The van der Waals surface area contributed by atoms with Gasteiger partial charge in [0, 0.05) is 13.3 Å². The van der Waals surface area contributed by atoms with E-state index in [1.807, 2.05) is 0 Å². The van der Waals surface area contributed by atoms with Crippen LogP contribution in [0.15, 0.2) is 17.1 Å². The molecule has 4 N–H and O–H groups in total. The normalized spacial score (nSPS) is 32.4. The molecule has 106 valence electrons. The van der Waals surface area contributed by atoms with Crippen LogP contribution in [0.4, 0.5) is 5.82 Å². The Bertz CT molecular complexity index is 503. The number of nitrogens with zero attached hydrogens (tertiary/aromatic N) is 2. The van der Waals surface area contributed by atoms with Crippen LogP contribution in [0.5, 0.6) is 0 Å². The molecule has 1 aromatic heterocycles. The summed E-state index contributed by atoms with van der Waals surface area (Å²) in [6.07, 6.45) is -2.99. The quantitative estimate of drug-likeness (QED) is 0.610. The van der Waals surface area contributed by atoms with Gasteiger partial charge in [0.25, 0.3) is 0 Å². The van der Waals surface area contributed by atoms with E-state index < -0.39 is 36.3 Å². The molecule has 2 heterocycles. The first-order valence-corrected chi connectivity index (χ1v) is 5.84. The Morgan fingerprint density at radius 1 is 1.63 bits per heavy atom. The zero-order chi connectivity index (χ0) is 14.2. The van der Waals surface area contributed by atoms with Crippen molar-refractivity contribution in [1.82, 2.24) is 9.55 Å². The van der Waals surface area contributed by atoms with Crippen LogP contribution in [0.1, 0.15) is 13.2 Å². The molecule has 0 radical (unpaired) electrons. The summed E-state index contributed by atoms with van der Waals surface area (Å²) in [4.78, 5) is 15.4. The van der Waals surface area contributed by atoms with Crippen molar-refractivity contribution in [3.05, 3.63) is 22.7 Å². The molecule has 0 saturated carbocycles. The minimum atomic E-state index is -1.04. The van der Waals surface area contributed by atoms with E-state index in [9.17, 15) is 15.0 Å². The van der Waals surface area contributed by atoms with Gasteiger partial charge in [-0.05, 0) is 13.0 Å². The van der Waals surface area contributed by atoms with Crippen molar-refractivity contribution in [2.75, 3.05) is 12.8 Å². The van der Waals surface area contributed by atoms with Crippen molar-refractivity contribution in [2.45, 2.75) is 37.6 Å². The maximum absolute atomic E-state index is 11.8. The number of hydrogen-bond acceptors (Lipinski definition) is 7. The standard InChI is InChI=1S/C11H17N3O5/c1-5(15)8-7(16)9(18-2)10(19-8)14-4-3-6(12)13-11(14)17/h3-5,7-10,15-16H,1-2H3,(H2,12,13,17)/t5-,7+,8+,9+,10+/m0/s1. The second-order valence-corrected chi connectivity index (χ2v) is 4.47. The zero-order valence-corrected chi connectivity index (χ0v) is 10.6. The van der Waals surface area contributed by atoms with Crippen molar-refractivity contribution < 1.29 is 19.7 Å². The molecule has 8 nitrogen and oxygen atoms in total. The van der Waals surface area contributed by atoms with Gasteiger partial charge >= 0.3 is 5.69 Å². The van der Waals surface area contributed by atoms with E-state index in [0.717, 1.165) is 0 Å². The molecule has 1 aliphatic heterocycles. The summed E-state index contributed by atoms with van der Waals surface area (Å²) < 4.78 is 11.8. The fourth-order valence-electron chi connectivity index (χ4n) is 2.17. The molecule has 1 aromatic rings. The fraction of sp³-hybridized carbons (Fsp3) is 0.636. The third-order valence-electron chi connectivity index (χ3n) is 3.12. The molecule has 0 amide bonds. The molecule has 0 aliphatic carbocycles. The maximum Gasteiger partial charge on any atom is 0.351 e. The van der Waals surface area contributed by atoms with Gasteiger partial charge in [-0.2, -0.15) is 4.98 Å². The number of rotatable bonds is 3. The lowest BCUT2D eigenvalue weighted by Crippen LogP contribution is -2.39. The molecule has 19 heavy (non-hydrogen) atoms. The minimum Gasteiger partial charge on any atom is -0.391 e. The first-order valence-electron chi connectivity index (χ1n) is 5.84. The molecule has 8 heteroatoms. The summed E-state index contributed by atoms with van der Waals surface area (Å²) in [7, 11) is 1.39. The Labute approximate surface area is 109 Å². The van der Waals surface area contributed by atoms with Crippen molar-refractivity contribution >= 4 is 5.82 Å². The third kappa shape index (κ3) is 2.47. The molecule has 2 rings (SSSR count). The van der Waals surface area contributed by atoms with Gasteiger partial charge in [-0.3, -0.25) is 4.57 Å². The summed E-state index contributed by atoms with van der Waals surface area (Å²) in [5.74, 6) is 0.0980. The van der Waals surface area contributed by atoms with Gasteiger partial charge in [-0.25, -0.2) is 4.79 Å². The SMILES string of the molecule is CO[C@@H]1[C@H](O)[C@@H]([C@H](C)O)O[C@H]1n1ccc(N)nc1=O. The summed E-state index contributed by atoms with van der Waals surface area (Å²) in [6, 6.07) is 1.44. The Morgan fingerprint density at radius 2 is 2.32 bits per heavy atom. The molecular formula is C11H17N3O5. The fourth-order valence-corrected chi connectivity index (χ4v) is 2.17. The van der Waals surface area contributed by atoms with E-state index in [1.165, 1.54) is 30.9 Å². The Morgan fingerprint density at radius 3 is 2.84 bits per heavy atom. The monoisotopic (exact) mass is 271 g/mol. The highest BCUT2D eigenvalue weighted by Gasteiger charge is 2.47. The van der Waals surface area contributed by atoms with Crippen LogP contribution in [0.25, 0.3) is 0 Å².